The van der Waals surface area contributed by atoms with Crippen LogP contribution in [-0.4, -0.2) is 22.2 Å². The third-order valence-corrected chi connectivity index (χ3v) is 3.46. The molecular weight excluding hydrogens is 268 g/mol. The number of carboxylic acid groups (broad SMARTS) is 2. The molecule has 0 aliphatic rings. The lowest BCUT2D eigenvalue weighted by Gasteiger charge is -2.16. The predicted molar refractivity (Wildman–Crippen MR) is 78.9 cm³/mol. The Morgan fingerprint density at radius 2 is 1.62 bits per heavy atom. The molecule has 0 radical (unpaired) electrons. The molecule has 4 heteroatoms. The molecule has 2 rings (SSSR count). The van der Waals surface area contributed by atoms with Crippen molar-refractivity contribution in [3.05, 3.63) is 70.8 Å². The van der Waals surface area contributed by atoms with Crippen LogP contribution in [0.2, 0.25) is 0 Å². The molecule has 0 saturated carbocycles. The maximum Gasteiger partial charge on any atom is 0.336 e. The van der Waals surface area contributed by atoms with E-state index in [1.807, 2.05) is 37.3 Å². The Bertz CT molecular complexity index is 662. The van der Waals surface area contributed by atoms with Gasteiger partial charge in [0, 0.05) is 0 Å². The minimum absolute atomic E-state index is 0.0854. The lowest BCUT2D eigenvalue weighted by atomic mass is 9.88. The fourth-order valence-electron chi connectivity index (χ4n) is 2.48. The number of aromatic carboxylic acids is 2. The Kier molecular flexibility index (Phi) is 4.38. The van der Waals surface area contributed by atoms with Crippen molar-refractivity contribution in [1.82, 2.24) is 0 Å². The minimum Gasteiger partial charge on any atom is -0.478 e. The molecule has 2 aromatic carbocycles. The number of hydrogen-bond acceptors (Lipinski definition) is 2. The summed E-state index contributed by atoms with van der Waals surface area (Å²) in [4.78, 5) is 22.6. The van der Waals surface area contributed by atoms with Gasteiger partial charge in [0.2, 0.25) is 0 Å². The van der Waals surface area contributed by atoms with Crippen molar-refractivity contribution in [2.75, 3.05) is 0 Å². The summed E-state index contributed by atoms with van der Waals surface area (Å²) in [5, 5.41) is 18.5. The van der Waals surface area contributed by atoms with E-state index in [-0.39, 0.29) is 17.0 Å². The monoisotopic (exact) mass is 284 g/mol. The second-order valence-corrected chi connectivity index (χ2v) is 4.97. The summed E-state index contributed by atoms with van der Waals surface area (Å²) in [5.74, 6) is -2.51. The summed E-state index contributed by atoms with van der Waals surface area (Å²) in [6, 6.07) is 14.3. The van der Waals surface area contributed by atoms with Gasteiger partial charge in [-0.15, -0.1) is 0 Å². The predicted octanol–water partition coefficient (Wildman–Crippen LogP) is 3.43. The van der Waals surface area contributed by atoms with Crippen molar-refractivity contribution in [1.29, 1.82) is 0 Å². The van der Waals surface area contributed by atoms with E-state index in [0.717, 1.165) is 5.56 Å². The van der Waals surface area contributed by atoms with Crippen LogP contribution in [0.1, 0.15) is 44.7 Å². The summed E-state index contributed by atoms with van der Waals surface area (Å²) in [6.07, 6.45) is 0.657. The van der Waals surface area contributed by atoms with Gasteiger partial charge < -0.3 is 10.2 Å². The Morgan fingerprint density at radius 3 is 2.19 bits per heavy atom. The van der Waals surface area contributed by atoms with Crippen LogP contribution in [0.3, 0.4) is 0 Å². The highest BCUT2D eigenvalue weighted by atomic mass is 16.4. The molecule has 108 valence electrons. The summed E-state index contributed by atoms with van der Waals surface area (Å²) >= 11 is 0. The summed E-state index contributed by atoms with van der Waals surface area (Å²) in [5.41, 5.74) is 1.35. The zero-order valence-electron chi connectivity index (χ0n) is 11.6. The molecule has 0 aromatic heterocycles. The Morgan fingerprint density at radius 1 is 0.952 bits per heavy atom. The van der Waals surface area contributed by atoms with Gasteiger partial charge in [-0.1, -0.05) is 49.4 Å². The van der Waals surface area contributed by atoms with Gasteiger partial charge in [0.25, 0.3) is 0 Å². The minimum atomic E-state index is -1.22. The first kappa shape index (κ1) is 14.8. The van der Waals surface area contributed by atoms with Crippen molar-refractivity contribution in [2.45, 2.75) is 19.3 Å². The van der Waals surface area contributed by atoms with Crippen LogP contribution < -0.4 is 0 Å². The lowest BCUT2D eigenvalue weighted by molar-refractivity contribution is 0.0650. The first-order valence-electron chi connectivity index (χ1n) is 6.64. The van der Waals surface area contributed by atoms with Gasteiger partial charge >= 0.3 is 11.9 Å². The number of benzene rings is 2. The van der Waals surface area contributed by atoms with E-state index in [9.17, 15) is 14.7 Å². The highest BCUT2D eigenvalue weighted by Crippen LogP contribution is 2.26. The average molecular weight is 284 g/mol. The summed E-state index contributed by atoms with van der Waals surface area (Å²) in [6.45, 7) is 1.90. The van der Waals surface area contributed by atoms with E-state index >= 15 is 0 Å². The number of carbonyl (C=O) groups is 2. The molecule has 0 bridgehead atoms. The lowest BCUT2D eigenvalue weighted by Crippen LogP contribution is -2.13. The zero-order valence-corrected chi connectivity index (χ0v) is 11.6. The molecule has 0 heterocycles. The Labute approximate surface area is 122 Å². The topological polar surface area (TPSA) is 74.6 Å². The van der Waals surface area contributed by atoms with Crippen LogP contribution >= 0.6 is 0 Å². The number of rotatable bonds is 5. The molecule has 2 aromatic rings. The summed E-state index contributed by atoms with van der Waals surface area (Å²) in [7, 11) is 0. The van der Waals surface area contributed by atoms with Crippen LogP contribution in [0.5, 0.6) is 0 Å². The summed E-state index contributed by atoms with van der Waals surface area (Å²) < 4.78 is 0. The van der Waals surface area contributed by atoms with E-state index in [0.29, 0.717) is 12.0 Å². The van der Waals surface area contributed by atoms with Crippen LogP contribution in [-0.2, 0) is 6.42 Å². The van der Waals surface area contributed by atoms with Crippen LogP contribution in [0.15, 0.2) is 48.5 Å². The van der Waals surface area contributed by atoms with Crippen molar-refractivity contribution in [2.24, 2.45) is 0 Å². The Balaban J connectivity index is 2.41. The molecule has 0 saturated heterocycles. The van der Waals surface area contributed by atoms with Gasteiger partial charge in [0.15, 0.2) is 0 Å². The molecule has 0 amide bonds. The van der Waals surface area contributed by atoms with Crippen LogP contribution in [0, 0.1) is 0 Å². The maximum atomic E-state index is 11.4. The second-order valence-electron chi connectivity index (χ2n) is 4.97. The standard InChI is InChI=1S/C17H16O4/c1-11(10-12-6-3-2-4-7-12)13-8-5-9-14(16(18)19)15(13)17(20)21/h2-9,11H,10H2,1H3,(H,18,19)(H,20,21). The molecule has 0 aliphatic carbocycles. The van der Waals surface area contributed by atoms with Gasteiger partial charge in [0.1, 0.15) is 0 Å². The van der Waals surface area contributed by atoms with Crippen molar-refractivity contribution in [3.63, 3.8) is 0 Å². The van der Waals surface area contributed by atoms with Gasteiger partial charge in [-0.2, -0.15) is 0 Å². The van der Waals surface area contributed by atoms with E-state index in [1.165, 1.54) is 6.07 Å². The van der Waals surface area contributed by atoms with E-state index in [1.54, 1.807) is 12.1 Å². The van der Waals surface area contributed by atoms with Gasteiger partial charge in [0.05, 0.1) is 11.1 Å². The fourth-order valence-corrected chi connectivity index (χ4v) is 2.48. The number of carboxylic acids is 2. The molecular formula is C17H16O4. The normalized spacial score (nSPS) is 11.9. The second kappa shape index (κ2) is 6.22. The van der Waals surface area contributed by atoms with Crippen LogP contribution in [0.25, 0.3) is 0 Å². The molecule has 0 fully saturated rings. The highest BCUT2D eigenvalue weighted by molar-refractivity contribution is 6.02. The molecule has 1 atom stereocenters. The third-order valence-electron chi connectivity index (χ3n) is 3.46. The molecule has 21 heavy (non-hydrogen) atoms. The van der Waals surface area contributed by atoms with Gasteiger partial charge in [-0.05, 0) is 29.5 Å². The largest absolute Gasteiger partial charge is 0.478 e. The molecule has 2 N–H and O–H groups in total. The average Bonchev–Trinajstić information content (AvgIpc) is 2.47. The van der Waals surface area contributed by atoms with Crippen molar-refractivity contribution in [3.8, 4) is 0 Å². The number of hydrogen-bond donors (Lipinski definition) is 2. The van der Waals surface area contributed by atoms with Crippen molar-refractivity contribution < 1.29 is 19.8 Å². The van der Waals surface area contributed by atoms with Crippen LogP contribution in [0.4, 0.5) is 0 Å². The van der Waals surface area contributed by atoms with E-state index in [2.05, 4.69) is 0 Å². The van der Waals surface area contributed by atoms with Gasteiger partial charge in [-0.3, -0.25) is 0 Å². The molecule has 4 nitrogen and oxygen atoms in total. The molecule has 1 unspecified atom stereocenters. The molecule has 0 aliphatic heterocycles. The fraction of sp³-hybridized carbons (Fsp3) is 0.176. The maximum absolute atomic E-state index is 11.4. The van der Waals surface area contributed by atoms with E-state index < -0.39 is 11.9 Å². The Hall–Kier alpha value is -2.62. The third kappa shape index (κ3) is 3.28. The van der Waals surface area contributed by atoms with E-state index in [4.69, 9.17) is 5.11 Å². The van der Waals surface area contributed by atoms with Gasteiger partial charge in [-0.25, -0.2) is 9.59 Å². The molecule has 0 spiro atoms. The quantitative estimate of drug-likeness (QED) is 0.882. The smallest absolute Gasteiger partial charge is 0.336 e. The zero-order chi connectivity index (χ0) is 15.4. The highest BCUT2D eigenvalue weighted by Gasteiger charge is 2.22. The SMILES string of the molecule is CC(Cc1ccccc1)c1cccc(C(=O)O)c1C(=O)O. The first-order valence-corrected chi connectivity index (χ1v) is 6.64. The first-order chi connectivity index (χ1) is 10.0. The van der Waals surface area contributed by atoms with Crippen molar-refractivity contribution >= 4 is 11.9 Å².